The highest BCUT2D eigenvalue weighted by Crippen LogP contribution is 2.38. The second-order valence-corrected chi connectivity index (χ2v) is 6.15. The van der Waals surface area contributed by atoms with Gasteiger partial charge in [-0.1, -0.05) is 25.7 Å². The molecule has 2 rings (SSSR count). The fourth-order valence-corrected chi connectivity index (χ4v) is 3.49. The summed E-state index contributed by atoms with van der Waals surface area (Å²) in [6.07, 6.45) is 10.0. The summed E-state index contributed by atoms with van der Waals surface area (Å²) in [6.45, 7) is 2.03. The van der Waals surface area contributed by atoms with Crippen molar-refractivity contribution in [3.8, 4) is 6.07 Å². The maximum absolute atomic E-state index is 9.47. The second-order valence-electron chi connectivity index (χ2n) is 4.83. The van der Waals surface area contributed by atoms with Crippen LogP contribution in [0.25, 0.3) is 0 Å². The van der Waals surface area contributed by atoms with Crippen LogP contribution in [0, 0.1) is 23.7 Å². The van der Waals surface area contributed by atoms with Crippen molar-refractivity contribution in [3.63, 3.8) is 0 Å². The molecule has 86 valence electrons. The predicted octanol–water partition coefficient (Wildman–Crippen LogP) is 3.86. The standard InChI is InChI=1S/C13H18N2S/c1-11-15-9-12(16-11)8-13(10-14)6-4-2-3-5-7-13/h9H,2-8H2,1H3. The number of aromatic nitrogens is 1. The summed E-state index contributed by atoms with van der Waals surface area (Å²) in [5.74, 6) is 0. The summed E-state index contributed by atoms with van der Waals surface area (Å²) < 4.78 is 0. The van der Waals surface area contributed by atoms with E-state index in [4.69, 9.17) is 0 Å². The highest BCUT2D eigenvalue weighted by Gasteiger charge is 2.31. The average molecular weight is 234 g/mol. The van der Waals surface area contributed by atoms with Crippen LogP contribution in [0.4, 0.5) is 0 Å². The average Bonchev–Trinajstić information content (AvgIpc) is 2.54. The van der Waals surface area contributed by atoms with E-state index in [1.807, 2.05) is 13.1 Å². The molecule has 0 N–H and O–H groups in total. The zero-order chi connectivity index (χ0) is 11.4. The first-order chi connectivity index (χ1) is 7.74. The van der Waals surface area contributed by atoms with E-state index in [1.54, 1.807) is 11.3 Å². The van der Waals surface area contributed by atoms with Crippen molar-refractivity contribution in [2.24, 2.45) is 5.41 Å². The number of hydrogen-bond donors (Lipinski definition) is 0. The van der Waals surface area contributed by atoms with Gasteiger partial charge in [0.25, 0.3) is 0 Å². The van der Waals surface area contributed by atoms with Gasteiger partial charge < -0.3 is 0 Å². The molecule has 0 saturated heterocycles. The Kier molecular flexibility index (Phi) is 3.60. The van der Waals surface area contributed by atoms with Crippen LogP contribution >= 0.6 is 11.3 Å². The lowest BCUT2D eigenvalue weighted by Gasteiger charge is -2.23. The van der Waals surface area contributed by atoms with E-state index in [9.17, 15) is 5.26 Å². The lowest BCUT2D eigenvalue weighted by atomic mass is 9.78. The lowest BCUT2D eigenvalue weighted by Crippen LogP contribution is -2.20. The Morgan fingerprint density at radius 3 is 2.56 bits per heavy atom. The van der Waals surface area contributed by atoms with E-state index >= 15 is 0 Å². The highest BCUT2D eigenvalue weighted by molar-refractivity contribution is 7.11. The molecule has 1 aromatic rings. The third kappa shape index (κ3) is 2.62. The zero-order valence-corrected chi connectivity index (χ0v) is 10.6. The van der Waals surface area contributed by atoms with Crippen LogP contribution in [0.5, 0.6) is 0 Å². The molecule has 0 spiro atoms. The van der Waals surface area contributed by atoms with Crippen molar-refractivity contribution in [2.45, 2.75) is 51.9 Å². The largest absolute Gasteiger partial charge is 0.250 e. The van der Waals surface area contributed by atoms with Gasteiger partial charge in [0.15, 0.2) is 0 Å². The van der Waals surface area contributed by atoms with E-state index in [0.29, 0.717) is 0 Å². The Labute approximate surface area is 101 Å². The van der Waals surface area contributed by atoms with Crippen molar-refractivity contribution < 1.29 is 0 Å². The highest BCUT2D eigenvalue weighted by atomic mass is 32.1. The number of nitriles is 1. The Balaban J connectivity index is 2.12. The first-order valence-corrected chi connectivity index (χ1v) is 6.88. The van der Waals surface area contributed by atoms with Gasteiger partial charge in [-0.2, -0.15) is 5.26 Å². The Morgan fingerprint density at radius 1 is 1.38 bits per heavy atom. The second kappa shape index (κ2) is 4.97. The molecule has 1 fully saturated rings. The van der Waals surface area contributed by atoms with Crippen molar-refractivity contribution >= 4 is 11.3 Å². The molecule has 1 aliphatic carbocycles. The molecule has 0 aliphatic heterocycles. The molecule has 0 bridgehead atoms. The van der Waals surface area contributed by atoms with Crippen LogP contribution in [0.3, 0.4) is 0 Å². The molecule has 0 atom stereocenters. The summed E-state index contributed by atoms with van der Waals surface area (Å²) >= 11 is 1.74. The number of hydrogen-bond acceptors (Lipinski definition) is 3. The number of nitrogens with zero attached hydrogens (tertiary/aromatic N) is 2. The molecule has 0 aromatic carbocycles. The molecule has 0 amide bonds. The van der Waals surface area contributed by atoms with E-state index in [1.165, 1.54) is 30.6 Å². The lowest BCUT2D eigenvalue weighted by molar-refractivity contribution is 0.341. The van der Waals surface area contributed by atoms with Crippen LogP contribution < -0.4 is 0 Å². The molecule has 0 radical (unpaired) electrons. The topological polar surface area (TPSA) is 36.7 Å². The molecular formula is C13H18N2S. The van der Waals surface area contributed by atoms with Crippen molar-refractivity contribution in [3.05, 3.63) is 16.1 Å². The molecular weight excluding hydrogens is 216 g/mol. The van der Waals surface area contributed by atoms with Gasteiger partial charge in [0, 0.05) is 17.5 Å². The van der Waals surface area contributed by atoms with Gasteiger partial charge in [-0.15, -0.1) is 11.3 Å². The minimum Gasteiger partial charge on any atom is -0.250 e. The molecule has 1 heterocycles. The van der Waals surface area contributed by atoms with Gasteiger partial charge >= 0.3 is 0 Å². The first kappa shape index (κ1) is 11.6. The minimum atomic E-state index is -0.102. The zero-order valence-electron chi connectivity index (χ0n) is 9.83. The van der Waals surface area contributed by atoms with Gasteiger partial charge in [-0.3, -0.25) is 0 Å². The van der Waals surface area contributed by atoms with Gasteiger partial charge in [0.1, 0.15) is 0 Å². The summed E-state index contributed by atoms with van der Waals surface area (Å²) in [4.78, 5) is 5.56. The maximum Gasteiger partial charge on any atom is 0.0896 e. The molecule has 0 unspecified atom stereocenters. The van der Waals surface area contributed by atoms with E-state index < -0.39 is 0 Å². The quantitative estimate of drug-likeness (QED) is 0.729. The van der Waals surface area contributed by atoms with Gasteiger partial charge in [0.2, 0.25) is 0 Å². The SMILES string of the molecule is Cc1ncc(CC2(C#N)CCCCCC2)s1. The Hall–Kier alpha value is -0.880. The van der Waals surface area contributed by atoms with Crippen molar-refractivity contribution in [1.29, 1.82) is 5.26 Å². The Morgan fingerprint density at radius 2 is 2.06 bits per heavy atom. The molecule has 1 aromatic heterocycles. The molecule has 2 nitrogen and oxygen atoms in total. The van der Waals surface area contributed by atoms with Crippen LogP contribution in [-0.2, 0) is 6.42 Å². The predicted molar refractivity (Wildman–Crippen MR) is 66.3 cm³/mol. The molecule has 3 heteroatoms. The normalized spacial score (nSPS) is 20.0. The van der Waals surface area contributed by atoms with Gasteiger partial charge in [-0.25, -0.2) is 4.98 Å². The first-order valence-electron chi connectivity index (χ1n) is 6.07. The van der Waals surface area contributed by atoms with Gasteiger partial charge in [0.05, 0.1) is 16.5 Å². The molecule has 1 saturated carbocycles. The third-order valence-electron chi connectivity index (χ3n) is 3.48. The summed E-state index contributed by atoms with van der Waals surface area (Å²) in [7, 11) is 0. The number of thiazole rings is 1. The van der Waals surface area contributed by atoms with Gasteiger partial charge in [-0.05, 0) is 19.8 Å². The Bertz CT molecular complexity index is 381. The number of aryl methyl sites for hydroxylation is 1. The maximum atomic E-state index is 9.47. The third-order valence-corrected chi connectivity index (χ3v) is 4.39. The van der Waals surface area contributed by atoms with Crippen molar-refractivity contribution in [1.82, 2.24) is 4.98 Å². The molecule has 1 aliphatic rings. The number of rotatable bonds is 2. The monoisotopic (exact) mass is 234 g/mol. The fraction of sp³-hybridized carbons (Fsp3) is 0.692. The summed E-state index contributed by atoms with van der Waals surface area (Å²) in [5.41, 5.74) is -0.102. The van der Waals surface area contributed by atoms with E-state index in [2.05, 4.69) is 11.1 Å². The van der Waals surface area contributed by atoms with E-state index in [-0.39, 0.29) is 5.41 Å². The smallest absolute Gasteiger partial charge is 0.0896 e. The molecule has 16 heavy (non-hydrogen) atoms. The minimum absolute atomic E-state index is 0.102. The summed E-state index contributed by atoms with van der Waals surface area (Å²) in [6, 6.07) is 2.59. The van der Waals surface area contributed by atoms with E-state index in [0.717, 1.165) is 24.3 Å². The van der Waals surface area contributed by atoms with Crippen LogP contribution in [0.2, 0.25) is 0 Å². The fourth-order valence-electron chi connectivity index (χ4n) is 2.55. The van der Waals surface area contributed by atoms with Crippen LogP contribution in [0.15, 0.2) is 6.20 Å². The summed E-state index contributed by atoms with van der Waals surface area (Å²) in [5, 5.41) is 10.6. The van der Waals surface area contributed by atoms with Crippen molar-refractivity contribution in [2.75, 3.05) is 0 Å². The van der Waals surface area contributed by atoms with Crippen LogP contribution in [0.1, 0.15) is 48.4 Å². The van der Waals surface area contributed by atoms with Crippen LogP contribution in [-0.4, -0.2) is 4.98 Å².